The van der Waals surface area contributed by atoms with Gasteiger partial charge in [-0.25, -0.2) is 14.7 Å². The smallest absolute Gasteiger partial charge is 0.340 e. The highest BCUT2D eigenvalue weighted by atomic mass is 16.5. The van der Waals surface area contributed by atoms with Gasteiger partial charge in [0.05, 0.1) is 22.2 Å². The first-order chi connectivity index (χ1) is 15.0. The highest BCUT2D eigenvalue weighted by molar-refractivity contribution is 6.21. The lowest BCUT2D eigenvalue weighted by atomic mass is 10.1. The maximum Gasteiger partial charge on any atom is 0.340 e. The van der Waals surface area contributed by atoms with E-state index in [1.165, 1.54) is 0 Å². The summed E-state index contributed by atoms with van der Waals surface area (Å²) in [6, 6.07) is 18.9. The van der Waals surface area contributed by atoms with E-state index in [1.54, 1.807) is 54.6 Å². The van der Waals surface area contributed by atoms with Gasteiger partial charge in [0.25, 0.3) is 11.8 Å². The highest BCUT2D eigenvalue weighted by Gasteiger charge is 2.36. The summed E-state index contributed by atoms with van der Waals surface area (Å²) in [6.07, 6.45) is 0. The fourth-order valence-corrected chi connectivity index (χ4v) is 3.60. The fourth-order valence-electron chi connectivity index (χ4n) is 3.60. The summed E-state index contributed by atoms with van der Waals surface area (Å²) in [5.74, 6) is -0.392. The first-order valence-corrected chi connectivity index (χ1v) is 9.62. The normalized spacial score (nSPS) is 13.0. The average Bonchev–Trinajstić information content (AvgIpc) is 3.33. The molecule has 3 heterocycles. The van der Waals surface area contributed by atoms with Crippen molar-refractivity contribution in [3.63, 3.8) is 0 Å². The number of ether oxygens (including phenoxy) is 1. The molecule has 7 heteroatoms. The Kier molecular flexibility index (Phi) is 4.36. The van der Waals surface area contributed by atoms with Crippen LogP contribution >= 0.6 is 0 Å². The van der Waals surface area contributed by atoms with Crippen LogP contribution < -0.4 is 0 Å². The van der Waals surface area contributed by atoms with Crippen LogP contribution in [-0.4, -0.2) is 34.4 Å². The maximum atomic E-state index is 13.0. The standard InChI is InChI=1S/C24H16N2O5/c1-14-10-11-21(31-14)20-12-18(15-6-4-5-9-19(15)25-20)24(29)30-13-26-22(27)16-7-2-3-8-17(16)23(26)28/h2-12H,13H2,1H3. The van der Waals surface area contributed by atoms with Crippen LogP contribution in [0.4, 0.5) is 0 Å². The second-order valence-corrected chi connectivity index (χ2v) is 7.13. The molecule has 0 spiro atoms. The molecule has 0 atom stereocenters. The van der Waals surface area contributed by atoms with Crippen LogP contribution in [0.15, 0.2) is 71.1 Å². The van der Waals surface area contributed by atoms with Gasteiger partial charge in [-0.3, -0.25) is 9.59 Å². The predicted molar refractivity (Wildman–Crippen MR) is 111 cm³/mol. The molecule has 152 valence electrons. The predicted octanol–water partition coefficient (Wildman–Crippen LogP) is 4.21. The largest absolute Gasteiger partial charge is 0.460 e. The minimum absolute atomic E-state index is 0.270. The summed E-state index contributed by atoms with van der Waals surface area (Å²) in [6.45, 7) is 1.35. The van der Waals surface area contributed by atoms with Gasteiger partial charge in [-0.2, -0.15) is 0 Å². The van der Waals surface area contributed by atoms with E-state index in [-0.39, 0.29) is 5.56 Å². The number of aryl methyl sites for hydroxylation is 1. The van der Waals surface area contributed by atoms with E-state index in [9.17, 15) is 14.4 Å². The van der Waals surface area contributed by atoms with Gasteiger partial charge in [-0.1, -0.05) is 30.3 Å². The molecule has 0 bridgehead atoms. The van der Waals surface area contributed by atoms with Gasteiger partial charge in [0, 0.05) is 5.39 Å². The zero-order valence-corrected chi connectivity index (χ0v) is 16.5. The van der Waals surface area contributed by atoms with Crippen LogP contribution in [0.25, 0.3) is 22.4 Å². The Labute approximate surface area is 176 Å². The van der Waals surface area contributed by atoms with Gasteiger partial charge >= 0.3 is 5.97 Å². The molecular formula is C24H16N2O5. The van der Waals surface area contributed by atoms with Crippen LogP contribution in [0.3, 0.4) is 0 Å². The average molecular weight is 412 g/mol. The van der Waals surface area contributed by atoms with Crippen molar-refractivity contribution in [1.29, 1.82) is 0 Å². The summed E-state index contributed by atoms with van der Waals surface area (Å²) in [5.41, 5.74) is 1.95. The number of nitrogens with zero attached hydrogens (tertiary/aromatic N) is 2. The third kappa shape index (κ3) is 3.16. The second-order valence-electron chi connectivity index (χ2n) is 7.13. The number of benzene rings is 2. The molecule has 0 fully saturated rings. The molecule has 0 radical (unpaired) electrons. The molecular weight excluding hydrogens is 396 g/mol. The third-order valence-electron chi connectivity index (χ3n) is 5.13. The van der Waals surface area contributed by atoms with Crippen LogP contribution in [-0.2, 0) is 4.74 Å². The van der Waals surface area contributed by atoms with Crippen LogP contribution in [0.2, 0.25) is 0 Å². The van der Waals surface area contributed by atoms with Crippen LogP contribution in [0.1, 0.15) is 36.8 Å². The molecule has 2 amide bonds. The number of carbonyl (C=O) groups is 3. The van der Waals surface area contributed by atoms with Crippen LogP contribution in [0, 0.1) is 6.92 Å². The number of pyridine rings is 1. The zero-order chi connectivity index (χ0) is 21.5. The van der Waals surface area contributed by atoms with Crippen molar-refractivity contribution < 1.29 is 23.5 Å². The van der Waals surface area contributed by atoms with Crippen molar-refractivity contribution in [2.75, 3.05) is 6.73 Å². The van der Waals surface area contributed by atoms with Gasteiger partial charge in [-0.15, -0.1) is 0 Å². The summed E-state index contributed by atoms with van der Waals surface area (Å²) in [5, 5.41) is 0.599. The summed E-state index contributed by atoms with van der Waals surface area (Å²) in [7, 11) is 0. The SMILES string of the molecule is Cc1ccc(-c2cc(C(=O)OCN3C(=O)c4ccccc4C3=O)c3ccccc3n2)o1. The molecule has 31 heavy (non-hydrogen) atoms. The van der Waals surface area contributed by atoms with E-state index in [0.29, 0.717) is 33.5 Å². The lowest BCUT2D eigenvalue weighted by molar-refractivity contribution is 0.0229. The van der Waals surface area contributed by atoms with E-state index in [2.05, 4.69) is 4.98 Å². The van der Waals surface area contributed by atoms with Gasteiger partial charge in [0.2, 0.25) is 0 Å². The Morgan fingerprint density at radius 2 is 1.65 bits per heavy atom. The fraction of sp³-hybridized carbons (Fsp3) is 0.0833. The summed E-state index contributed by atoms with van der Waals surface area (Å²) >= 11 is 0. The number of carbonyl (C=O) groups excluding carboxylic acids is 3. The number of imide groups is 1. The molecule has 1 aliphatic rings. The Balaban J connectivity index is 1.45. The van der Waals surface area contributed by atoms with Crippen molar-refractivity contribution in [2.24, 2.45) is 0 Å². The molecule has 0 saturated heterocycles. The molecule has 1 aliphatic heterocycles. The second kappa shape index (κ2) is 7.21. The third-order valence-corrected chi connectivity index (χ3v) is 5.13. The molecule has 2 aromatic carbocycles. The summed E-state index contributed by atoms with van der Waals surface area (Å²) < 4.78 is 11.0. The lowest BCUT2D eigenvalue weighted by Crippen LogP contribution is -2.33. The monoisotopic (exact) mass is 412 g/mol. The number of rotatable bonds is 4. The minimum Gasteiger partial charge on any atom is -0.460 e. The Hall–Kier alpha value is -4.26. The number of hydrogen-bond acceptors (Lipinski definition) is 6. The van der Waals surface area contributed by atoms with Gasteiger partial charge in [-0.05, 0) is 43.3 Å². The number of esters is 1. The number of amides is 2. The van der Waals surface area contributed by atoms with E-state index in [4.69, 9.17) is 9.15 Å². The highest BCUT2D eigenvalue weighted by Crippen LogP contribution is 2.27. The first-order valence-electron chi connectivity index (χ1n) is 9.62. The maximum absolute atomic E-state index is 13.0. The van der Waals surface area contributed by atoms with Crippen LogP contribution in [0.5, 0.6) is 0 Å². The number of furan rings is 1. The lowest BCUT2D eigenvalue weighted by Gasteiger charge is -2.15. The van der Waals surface area contributed by atoms with Gasteiger partial charge < -0.3 is 9.15 Å². The zero-order valence-electron chi connectivity index (χ0n) is 16.5. The van der Waals surface area contributed by atoms with Crippen molar-refractivity contribution >= 4 is 28.7 Å². The number of para-hydroxylation sites is 1. The minimum atomic E-state index is -0.667. The Morgan fingerprint density at radius 1 is 0.968 bits per heavy atom. The van der Waals surface area contributed by atoms with Gasteiger partial charge in [0.1, 0.15) is 11.5 Å². The molecule has 0 saturated carbocycles. The van der Waals surface area contributed by atoms with E-state index in [0.717, 1.165) is 10.7 Å². The molecule has 0 aliphatic carbocycles. The molecule has 5 rings (SSSR count). The van der Waals surface area contributed by atoms with Crippen molar-refractivity contribution in [3.05, 3.63) is 89.2 Å². The molecule has 7 nitrogen and oxygen atoms in total. The Bertz CT molecular complexity index is 1340. The quantitative estimate of drug-likeness (QED) is 0.368. The van der Waals surface area contributed by atoms with Gasteiger partial charge in [0.15, 0.2) is 12.5 Å². The molecule has 0 N–H and O–H groups in total. The topological polar surface area (TPSA) is 89.7 Å². The molecule has 0 unspecified atom stereocenters. The van der Waals surface area contributed by atoms with Crippen molar-refractivity contribution in [2.45, 2.75) is 6.92 Å². The van der Waals surface area contributed by atoms with Crippen molar-refractivity contribution in [3.8, 4) is 11.5 Å². The summed E-state index contributed by atoms with van der Waals surface area (Å²) in [4.78, 5) is 43.5. The number of fused-ring (bicyclic) bond motifs is 2. The van der Waals surface area contributed by atoms with E-state index in [1.807, 2.05) is 19.1 Å². The first kappa shape index (κ1) is 18.7. The number of hydrogen-bond donors (Lipinski definition) is 0. The van der Waals surface area contributed by atoms with Crippen molar-refractivity contribution in [1.82, 2.24) is 9.88 Å². The van der Waals surface area contributed by atoms with E-state index >= 15 is 0 Å². The van der Waals surface area contributed by atoms with E-state index < -0.39 is 24.5 Å². The molecule has 4 aromatic rings. The number of aromatic nitrogens is 1. The Morgan fingerprint density at radius 3 is 2.32 bits per heavy atom. The molecule has 2 aromatic heterocycles.